The van der Waals surface area contributed by atoms with Crippen LogP contribution in [0.4, 0.5) is 0 Å². The van der Waals surface area contributed by atoms with Crippen LogP contribution in [0.25, 0.3) is 0 Å². The van der Waals surface area contributed by atoms with Crippen molar-refractivity contribution in [1.82, 2.24) is 10.6 Å². The summed E-state index contributed by atoms with van der Waals surface area (Å²) < 4.78 is 0. The molecular weight excluding hydrogens is 298 g/mol. The largest absolute Gasteiger partial charge is 0.396 e. The molecule has 1 aromatic carbocycles. The molecule has 0 aliphatic heterocycles. The van der Waals surface area contributed by atoms with Crippen molar-refractivity contribution >= 4 is 5.96 Å². The van der Waals surface area contributed by atoms with Gasteiger partial charge in [0.05, 0.1) is 0 Å². The molecule has 0 aliphatic rings. The van der Waals surface area contributed by atoms with E-state index in [1.807, 2.05) is 0 Å². The highest BCUT2D eigenvalue weighted by Gasteiger charge is 2.08. The number of aliphatic hydroxyl groups is 1. The van der Waals surface area contributed by atoms with Crippen molar-refractivity contribution < 1.29 is 5.11 Å². The molecule has 3 N–H and O–H groups in total. The first kappa shape index (κ1) is 20.5. The molecule has 0 spiro atoms. The fourth-order valence-corrected chi connectivity index (χ4v) is 2.84. The molecule has 0 fully saturated rings. The van der Waals surface area contributed by atoms with Crippen molar-refractivity contribution in [2.24, 2.45) is 10.9 Å². The number of nitrogens with zero attached hydrogens (tertiary/aromatic N) is 1. The van der Waals surface area contributed by atoms with Crippen LogP contribution in [-0.4, -0.2) is 37.3 Å². The molecule has 4 nitrogen and oxygen atoms in total. The van der Waals surface area contributed by atoms with E-state index < -0.39 is 0 Å². The maximum absolute atomic E-state index is 9.16. The molecule has 1 rings (SSSR count). The van der Waals surface area contributed by atoms with Crippen LogP contribution < -0.4 is 10.6 Å². The minimum absolute atomic E-state index is 0.249. The fourth-order valence-electron chi connectivity index (χ4n) is 2.84. The molecule has 2 unspecified atom stereocenters. The first-order valence-electron chi connectivity index (χ1n) is 9.39. The van der Waals surface area contributed by atoms with Gasteiger partial charge in [0.25, 0.3) is 0 Å². The Balaban J connectivity index is 2.45. The summed E-state index contributed by atoms with van der Waals surface area (Å²) >= 11 is 0. The van der Waals surface area contributed by atoms with Gasteiger partial charge in [-0.1, -0.05) is 50.6 Å². The molecule has 2 atom stereocenters. The van der Waals surface area contributed by atoms with Gasteiger partial charge in [-0.3, -0.25) is 4.99 Å². The SMILES string of the molecule is CCCC(CCO)CN=C(NCC)NCCC(C)c1ccccc1. The highest BCUT2D eigenvalue weighted by molar-refractivity contribution is 5.79. The van der Waals surface area contributed by atoms with E-state index in [-0.39, 0.29) is 6.61 Å². The van der Waals surface area contributed by atoms with Gasteiger partial charge in [0.15, 0.2) is 5.96 Å². The van der Waals surface area contributed by atoms with Crippen LogP contribution >= 0.6 is 0 Å². The molecule has 0 radical (unpaired) electrons. The number of benzene rings is 1. The molecule has 0 amide bonds. The van der Waals surface area contributed by atoms with E-state index in [1.165, 1.54) is 5.56 Å². The van der Waals surface area contributed by atoms with Crippen molar-refractivity contribution in [2.45, 2.75) is 52.4 Å². The smallest absolute Gasteiger partial charge is 0.191 e. The van der Waals surface area contributed by atoms with Crippen LogP contribution in [0.1, 0.15) is 57.9 Å². The van der Waals surface area contributed by atoms with Gasteiger partial charge in [-0.25, -0.2) is 0 Å². The highest BCUT2D eigenvalue weighted by Crippen LogP contribution is 2.17. The zero-order chi connectivity index (χ0) is 17.6. The van der Waals surface area contributed by atoms with Gasteiger partial charge >= 0.3 is 0 Å². The van der Waals surface area contributed by atoms with Crippen LogP contribution in [0.3, 0.4) is 0 Å². The van der Waals surface area contributed by atoms with Crippen molar-refractivity contribution in [3.05, 3.63) is 35.9 Å². The number of rotatable bonds is 11. The van der Waals surface area contributed by atoms with Gasteiger partial charge in [0, 0.05) is 26.2 Å². The lowest BCUT2D eigenvalue weighted by molar-refractivity contribution is 0.253. The molecule has 1 aromatic rings. The second-order valence-electron chi connectivity index (χ2n) is 6.41. The molecule has 24 heavy (non-hydrogen) atoms. The number of aliphatic hydroxyl groups excluding tert-OH is 1. The van der Waals surface area contributed by atoms with Gasteiger partial charge in [0.2, 0.25) is 0 Å². The van der Waals surface area contributed by atoms with Crippen LogP contribution in [0, 0.1) is 5.92 Å². The van der Waals surface area contributed by atoms with Crippen molar-refractivity contribution in [1.29, 1.82) is 0 Å². The summed E-state index contributed by atoms with van der Waals surface area (Å²) in [5, 5.41) is 15.9. The van der Waals surface area contributed by atoms with Crippen LogP contribution in [0.15, 0.2) is 35.3 Å². The lowest BCUT2D eigenvalue weighted by Crippen LogP contribution is -2.38. The summed E-state index contributed by atoms with van der Waals surface area (Å²) in [4.78, 5) is 4.70. The van der Waals surface area contributed by atoms with E-state index in [4.69, 9.17) is 10.1 Å². The van der Waals surface area contributed by atoms with Gasteiger partial charge in [-0.2, -0.15) is 0 Å². The summed E-state index contributed by atoms with van der Waals surface area (Å²) in [7, 11) is 0. The van der Waals surface area contributed by atoms with E-state index in [2.05, 4.69) is 61.7 Å². The van der Waals surface area contributed by atoms with Gasteiger partial charge in [-0.05, 0) is 43.6 Å². The van der Waals surface area contributed by atoms with Gasteiger partial charge < -0.3 is 15.7 Å². The number of guanidine groups is 1. The normalized spacial score (nSPS) is 14.2. The van der Waals surface area contributed by atoms with Crippen molar-refractivity contribution in [2.75, 3.05) is 26.2 Å². The predicted octanol–water partition coefficient (Wildman–Crippen LogP) is 3.53. The molecule has 0 saturated heterocycles. The Bertz CT molecular complexity index is 441. The Morgan fingerprint density at radius 2 is 1.83 bits per heavy atom. The van der Waals surface area contributed by atoms with E-state index in [9.17, 15) is 0 Å². The Morgan fingerprint density at radius 3 is 2.46 bits per heavy atom. The second-order valence-corrected chi connectivity index (χ2v) is 6.41. The van der Waals surface area contributed by atoms with Gasteiger partial charge in [-0.15, -0.1) is 0 Å². The van der Waals surface area contributed by atoms with E-state index in [0.717, 1.165) is 51.3 Å². The standard InChI is InChI=1S/C20H35N3O/c1-4-9-18(13-15-24)16-23-20(21-5-2)22-14-12-17(3)19-10-7-6-8-11-19/h6-8,10-11,17-18,24H,4-5,9,12-16H2,1-3H3,(H2,21,22,23). The molecule has 0 heterocycles. The van der Waals surface area contributed by atoms with Crippen molar-refractivity contribution in [3.8, 4) is 0 Å². The maximum Gasteiger partial charge on any atom is 0.191 e. The predicted molar refractivity (Wildman–Crippen MR) is 104 cm³/mol. The zero-order valence-corrected chi connectivity index (χ0v) is 15.6. The van der Waals surface area contributed by atoms with Gasteiger partial charge in [0.1, 0.15) is 0 Å². The molecule has 136 valence electrons. The summed E-state index contributed by atoms with van der Waals surface area (Å²) in [5.74, 6) is 1.89. The maximum atomic E-state index is 9.16. The lowest BCUT2D eigenvalue weighted by Gasteiger charge is -2.17. The molecule has 0 aliphatic carbocycles. The topological polar surface area (TPSA) is 56.7 Å². The van der Waals surface area contributed by atoms with E-state index in [1.54, 1.807) is 0 Å². The number of nitrogens with one attached hydrogen (secondary N) is 2. The molecule has 0 saturated carbocycles. The first-order valence-corrected chi connectivity index (χ1v) is 9.39. The quantitative estimate of drug-likeness (QED) is 0.429. The number of hydrogen-bond donors (Lipinski definition) is 3. The molecule has 0 aromatic heterocycles. The summed E-state index contributed by atoms with van der Waals surface area (Å²) in [6, 6.07) is 10.6. The molecular formula is C20H35N3O. The van der Waals surface area contributed by atoms with E-state index >= 15 is 0 Å². The van der Waals surface area contributed by atoms with Crippen LogP contribution in [0.5, 0.6) is 0 Å². The van der Waals surface area contributed by atoms with Crippen molar-refractivity contribution in [3.63, 3.8) is 0 Å². The monoisotopic (exact) mass is 333 g/mol. The average molecular weight is 334 g/mol. The lowest BCUT2D eigenvalue weighted by atomic mass is 9.98. The second kappa shape index (κ2) is 12.8. The van der Waals surface area contributed by atoms with Crippen LogP contribution in [0.2, 0.25) is 0 Å². The number of aliphatic imine (C=N–C) groups is 1. The third-order valence-electron chi connectivity index (χ3n) is 4.32. The molecule has 0 bridgehead atoms. The highest BCUT2D eigenvalue weighted by atomic mass is 16.3. The third-order valence-corrected chi connectivity index (χ3v) is 4.32. The third kappa shape index (κ3) is 8.34. The van der Waals surface area contributed by atoms with E-state index in [0.29, 0.717) is 11.8 Å². The fraction of sp³-hybridized carbons (Fsp3) is 0.650. The summed E-state index contributed by atoms with van der Waals surface area (Å²) in [6.45, 7) is 9.32. The minimum Gasteiger partial charge on any atom is -0.396 e. The zero-order valence-electron chi connectivity index (χ0n) is 15.6. The van der Waals surface area contributed by atoms with Crippen LogP contribution in [-0.2, 0) is 0 Å². The summed E-state index contributed by atoms with van der Waals surface area (Å²) in [5.41, 5.74) is 1.38. The summed E-state index contributed by atoms with van der Waals surface area (Å²) in [6.07, 6.45) is 4.17. The minimum atomic E-state index is 0.249. The Morgan fingerprint density at radius 1 is 1.08 bits per heavy atom. The Kier molecular flexibility index (Phi) is 10.9. The number of hydrogen-bond acceptors (Lipinski definition) is 2. The Labute approximate surface area is 147 Å². The molecule has 4 heteroatoms. The average Bonchev–Trinajstić information content (AvgIpc) is 2.60. The Hall–Kier alpha value is -1.55. The first-order chi connectivity index (χ1) is 11.7.